The number of aromatic nitrogens is 2. The van der Waals surface area contributed by atoms with Crippen LogP contribution in [0.1, 0.15) is 65.0 Å². The average Bonchev–Trinajstić information content (AvgIpc) is 3.51. The van der Waals surface area contributed by atoms with Crippen LogP contribution in [0.25, 0.3) is 0 Å². The van der Waals surface area contributed by atoms with Crippen LogP contribution in [0, 0.1) is 6.92 Å². The van der Waals surface area contributed by atoms with Gasteiger partial charge < -0.3 is 14.9 Å². The summed E-state index contributed by atoms with van der Waals surface area (Å²) in [6.07, 6.45) is -15.7. The van der Waals surface area contributed by atoms with Crippen LogP contribution in [0.4, 0.5) is 39.5 Å². The highest BCUT2D eigenvalue weighted by Gasteiger charge is 2.64. The molecule has 1 aliphatic heterocycles. The monoisotopic (exact) mass is 616 g/mol. The van der Waals surface area contributed by atoms with E-state index in [2.05, 4.69) is 15.0 Å². The topological polar surface area (TPSA) is 94.8 Å². The number of benzene rings is 1. The molecule has 0 saturated heterocycles. The molecule has 1 aromatic carbocycles. The zero-order chi connectivity index (χ0) is 31.5. The van der Waals surface area contributed by atoms with E-state index in [1.807, 2.05) is 0 Å². The Bertz CT molecular complexity index is 1330. The quantitative estimate of drug-likeness (QED) is 0.195. The summed E-state index contributed by atoms with van der Waals surface area (Å²) in [7, 11) is 1.05. The molecule has 1 amide bonds. The van der Waals surface area contributed by atoms with E-state index in [1.54, 1.807) is 5.32 Å². The minimum Gasteiger partial charge on any atom is -0.372 e. The van der Waals surface area contributed by atoms with Crippen molar-refractivity contribution in [3.63, 3.8) is 0 Å². The van der Waals surface area contributed by atoms with Gasteiger partial charge in [0, 0.05) is 25.5 Å². The van der Waals surface area contributed by atoms with Crippen molar-refractivity contribution in [3.05, 3.63) is 52.3 Å². The summed E-state index contributed by atoms with van der Waals surface area (Å²) < 4.78 is 124. The van der Waals surface area contributed by atoms with Crippen LogP contribution in [0.5, 0.6) is 0 Å². The summed E-state index contributed by atoms with van der Waals surface area (Å²) in [6.45, 7) is -0.713. The third-order valence-corrected chi connectivity index (χ3v) is 6.33. The summed E-state index contributed by atoms with van der Waals surface area (Å²) in [5.41, 5.74) is -5.38. The van der Waals surface area contributed by atoms with Crippen LogP contribution in [-0.2, 0) is 32.9 Å². The number of rotatable bonds is 11. The molecule has 0 spiro atoms. The second-order valence-corrected chi connectivity index (χ2v) is 9.51. The number of ether oxygens (including phenoxy) is 1. The number of methoxy groups -OCH3 is 1. The number of carbonyl (C=O) groups excluding carboxylic acids is 2. The standard InChI is InChI=1S/C25H25F9N4O4/c1-14-9-15(7-8-16(14)18(39)5-3-4-6-21(40)35-12-23(26,27)28)17-11-22(42-37-17,25(32,33)34)19-10-20(24(29,30)31)38(36-19)13-41-2/h7-10H,3-6,11-13H2,1-2H3,(H,35,40). The van der Waals surface area contributed by atoms with Crippen LogP contribution >= 0.6 is 0 Å². The van der Waals surface area contributed by atoms with Gasteiger partial charge in [0.25, 0.3) is 5.60 Å². The molecule has 1 unspecified atom stereocenters. The molecule has 232 valence electrons. The molecule has 0 saturated carbocycles. The molecule has 0 aliphatic carbocycles. The first-order valence-electron chi connectivity index (χ1n) is 12.3. The van der Waals surface area contributed by atoms with E-state index in [4.69, 9.17) is 4.84 Å². The van der Waals surface area contributed by atoms with Crippen LogP contribution in [0.15, 0.2) is 29.4 Å². The van der Waals surface area contributed by atoms with E-state index in [1.165, 1.54) is 25.1 Å². The molecule has 1 atom stereocenters. The molecule has 0 radical (unpaired) electrons. The Labute approximate surface area is 232 Å². The first kappa shape index (κ1) is 32.9. The summed E-state index contributed by atoms with van der Waals surface area (Å²) in [4.78, 5) is 28.9. The lowest BCUT2D eigenvalue weighted by Crippen LogP contribution is -2.43. The van der Waals surface area contributed by atoms with E-state index in [0.29, 0.717) is 5.56 Å². The van der Waals surface area contributed by atoms with E-state index in [9.17, 15) is 49.1 Å². The van der Waals surface area contributed by atoms with E-state index in [-0.39, 0.29) is 59.1 Å². The van der Waals surface area contributed by atoms with Crippen molar-refractivity contribution in [1.82, 2.24) is 15.1 Å². The maximum absolute atomic E-state index is 14.3. The minimum absolute atomic E-state index is 0.0420. The Morgan fingerprint density at radius 1 is 1.05 bits per heavy atom. The van der Waals surface area contributed by atoms with Crippen LogP contribution < -0.4 is 5.32 Å². The number of aryl methyl sites for hydroxylation is 1. The molecular weight excluding hydrogens is 591 g/mol. The van der Waals surface area contributed by atoms with Gasteiger partial charge in [0.05, 0.1) is 12.1 Å². The van der Waals surface area contributed by atoms with Gasteiger partial charge in [0.15, 0.2) is 5.78 Å². The molecule has 3 rings (SSSR count). The Kier molecular flexibility index (Phi) is 9.64. The van der Waals surface area contributed by atoms with Gasteiger partial charge in [-0.25, -0.2) is 4.68 Å². The number of nitrogens with one attached hydrogen (secondary N) is 1. The molecule has 2 aromatic rings. The number of ketones is 1. The van der Waals surface area contributed by atoms with Gasteiger partial charge in [0.1, 0.15) is 24.7 Å². The maximum atomic E-state index is 14.3. The fourth-order valence-corrected chi connectivity index (χ4v) is 4.23. The van der Waals surface area contributed by atoms with Gasteiger partial charge in [-0.05, 0) is 43.0 Å². The molecule has 42 heavy (non-hydrogen) atoms. The smallest absolute Gasteiger partial charge is 0.372 e. The van der Waals surface area contributed by atoms with Gasteiger partial charge in [-0.1, -0.05) is 17.3 Å². The van der Waals surface area contributed by atoms with Gasteiger partial charge in [0.2, 0.25) is 5.91 Å². The van der Waals surface area contributed by atoms with Crippen molar-refractivity contribution in [3.8, 4) is 0 Å². The number of oxime groups is 1. The average molecular weight is 616 g/mol. The number of halogens is 9. The number of Topliss-reactive ketones (excluding diaryl/α,β-unsaturated/α-hetero) is 1. The normalized spacial score (nSPS) is 17.6. The number of hydrogen-bond donors (Lipinski definition) is 1. The molecule has 1 aromatic heterocycles. The zero-order valence-electron chi connectivity index (χ0n) is 22.1. The number of unbranched alkanes of at least 4 members (excludes halogenated alkanes) is 1. The van der Waals surface area contributed by atoms with E-state index in [0.717, 1.165) is 7.11 Å². The maximum Gasteiger partial charge on any atom is 0.437 e. The van der Waals surface area contributed by atoms with Gasteiger partial charge in [-0.3, -0.25) is 9.59 Å². The summed E-state index contributed by atoms with van der Waals surface area (Å²) in [5, 5.41) is 8.71. The molecule has 2 heterocycles. The first-order chi connectivity index (χ1) is 19.4. The summed E-state index contributed by atoms with van der Waals surface area (Å²) in [5.74, 6) is -1.18. The Morgan fingerprint density at radius 2 is 1.71 bits per heavy atom. The number of carbonyl (C=O) groups is 2. The predicted molar refractivity (Wildman–Crippen MR) is 127 cm³/mol. The second kappa shape index (κ2) is 12.3. The molecule has 0 bridgehead atoms. The fraction of sp³-hybridized carbons (Fsp3) is 0.520. The van der Waals surface area contributed by atoms with Gasteiger partial charge >= 0.3 is 18.5 Å². The van der Waals surface area contributed by atoms with Crippen molar-refractivity contribution >= 4 is 17.4 Å². The lowest BCUT2D eigenvalue weighted by atomic mass is 9.89. The molecule has 0 fully saturated rings. The van der Waals surface area contributed by atoms with Crippen molar-refractivity contribution in [2.45, 2.75) is 69.9 Å². The second-order valence-electron chi connectivity index (χ2n) is 9.51. The third-order valence-electron chi connectivity index (χ3n) is 6.33. The molecule has 1 N–H and O–H groups in total. The number of hydrogen-bond acceptors (Lipinski definition) is 6. The third kappa shape index (κ3) is 7.60. The molecule has 17 heteroatoms. The lowest BCUT2D eigenvalue weighted by Gasteiger charge is -2.27. The number of alkyl halides is 9. The highest BCUT2D eigenvalue weighted by atomic mass is 19.4. The Morgan fingerprint density at radius 3 is 2.29 bits per heavy atom. The van der Waals surface area contributed by atoms with Crippen LogP contribution in [0.2, 0.25) is 0 Å². The van der Waals surface area contributed by atoms with Crippen molar-refractivity contribution < 1.29 is 58.7 Å². The van der Waals surface area contributed by atoms with Crippen molar-refractivity contribution in [2.24, 2.45) is 5.16 Å². The first-order valence-corrected chi connectivity index (χ1v) is 12.3. The number of nitrogens with zero attached hydrogens (tertiary/aromatic N) is 3. The van der Waals surface area contributed by atoms with E-state index < -0.39 is 61.1 Å². The van der Waals surface area contributed by atoms with Gasteiger partial charge in [-0.2, -0.15) is 44.6 Å². The Balaban J connectivity index is 1.71. The SMILES string of the molecule is COCn1nc(C2(C(F)(F)F)CC(c3ccc(C(=O)CCCCC(=O)NCC(F)(F)F)c(C)c3)=NO2)cc1C(F)(F)F. The zero-order valence-corrected chi connectivity index (χ0v) is 22.1. The molecule has 8 nitrogen and oxygen atoms in total. The molecular formula is C25H25F9N4O4. The highest BCUT2D eigenvalue weighted by Crippen LogP contribution is 2.49. The number of amides is 1. The highest BCUT2D eigenvalue weighted by molar-refractivity contribution is 6.04. The van der Waals surface area contributed by atoms with Crippen LogP contribution in [-0.4, -0.2) is 53.2 Å². The van der Waals surface area contributed by atoms with Crippen molar-refractivity contribution in [2.75, 3.05) is 13.7 Å². The largest absolute Gasteiger partial charge is 0.437 e. The summed E-state index contributed by atoms with van der Waals surface area (Å²) >= 11 is 0. The molecule has 1 aliphatic rings. The predicted octanol–water partition coefficient (Wildman–Crippen LogP) is 5.82. The van der Waals surface area contributed by atoms with Crippen molar-refractivity contribution in [1.29, 1.82) is 0 Å². The van der Waals surface area contributed by atoms with Gasteiger partial charge in [-0.15, -0.1) is 0 Å². The lowest BCUT2D eigenvalue weighted by molar-refractivity contribution is -0.277. The fourth-order valence-electron chi connectivity index (χ4n) is 4.23. The Hall–Kier alpha value is -3.63. The minimum atomic E-state index is -5.22. The van der Waals surface area contributed by atoms with E-state index >= 15 is 0 Å². The summed E-state index contributed by atoms with van der Waals surface area (Å²) in [6, 6.07) is 4.26. The van der Waals surface area contributed by atoms with Crippen LogP contribution in [0.3, 0.4) is 0 Å².